The van der Waals surface area contributed by atoms with Crippen molar-refractivity contribution in [3.05, 3.63) is 68.7 Å². The second-order valence-electron chi connectivity index (χ2n) is 9.32. The van der Waals surface area contributed by atoms with Crippen molar-refractivity contribution in [3.8, 4) is 0 Å². The van der Waals surface area contributed by atoms with E-state index in [1.54, 1.807) is 16.7 Å². The van der Waals surface area contributed by atoms with Gasteiger partial charge in [-0.05, 0) is 69.0 Å². The number of ether oxygens (including phenoxy) is 1. The molecule has 204 valence electrons. The number of anilines is 2. The van der Waals surface area contributed by atoms with Crippen molar-refractivity contribution in [1.82, 2.24) is 9.55 Å². The van der Waals surface area contributed by atoms with Gasteiger partial charge in [0.2, 0.25) is 12.4 Å². The van der Waals surface area contributed by atoms with E-state index in [0.717, 1.165) is 10.0 Å². The smallest absolute Gasteiger partial charge is 0.302 e. The average Bonchev–Trinajstić information content (AvgIpc) is 3.27. The fraction of sp³-hybridized carbons (Fsp3) is 0.346. The van der Waals surface area contributed by atoms with Crippen LogP contribution in [0.5, 0.6) is 0 Å². The lowest BCUT2D eigenvalue weighted by molar-refractivity contribution is -0.141. The van der Waals surface area contributed by atoms with Crippen molar-refractivity contribution in [2.24, 2.45) is 0 Å². The second-order valence-corrected chi connectivity index (χ2v) is 13.2. The first-order valence-electron chi connectivity index (χ1n) is 11.7. The molecule has 0 aliphatic carbocycles. The number of nitrogens with zero attached hydrogens (tertiary/aromatic N) is 3. The van der Waals surface area contributed by atoms with Crippen molar-refractivity contribution in [3.63, 3.8) is 0 Å². The second kappa shape index (κ2) is 12.6. The number of hydrogen-bond acceptors (Lipinski definition) is 6. The Morgan fingerprint density at radius 1 is 1.13 bits per heavy atom. The van der Waals surface area contributed by atoms with Crippen LogP contribution in [0, 0.1) is 0 Å². The SMILES string of the molecule is CC(=O)OCCCCS(=O)(=O)c1cnc(N(C=O)c2cc(Cl)cc(Cl)c2)n1C(C)(C)Cc1ccc(Br)cc1. The van der Waals surface area contributed by atoms with Crippen LogP contribution in [0.15, 0.2) is 58.2 Å². The summed E-state index contributed by atoms with van der Waals surface area (Å²) in [6.07, 6.45) is 2.94. The third kappa shape index (κ3) is 7.59. The summed E-state index contributed by atoms with van der Waals surface area (Å²) in [5.41, 5.74) is 0.476. The number of hydrogen-bond donors (Lipinski definition) is 0. The Morgan fingerprint density at radius 3 is 2.34 bits per heavy atom. The Bertz CT molecular complexity index is 1390. The largest absolute Gasteiger partial charge is 0.466 e. The zero-order chi connectivity index (χ0) is 28.1. The van der Waals surface area contributed by atoms with Gasteiger partial charge in [0.05, 0.1) is 24.2 Å². The van der Waals surface area contributed by atoms with Crippen LogP contribution in [-0.4, -0.2) is 42.7 Å². The molecule has 0 saturated carbocycles. The summed E-state index contributed by atoms with van der Waals surface area (Å²) in [6.45, 7) is 5.21. The Morgan fingerprint density at radius 2 is 1.76 bits per heavy atom. The molecule has 0 radical (unpaired) electrons. The molecular formula is C26H28BrCl2N3O5S. The molecule has 0 unspecified atom stereocenters. The maximum atomic E-state index is 13.5. The number of halogens is 3. The molecule has 0 aliphatic rings. The van der Waals surface area contributed by atoms with E-state index in [4.69, 9.17) is 27.9 Å². The summed E-state index contributed by atoms with van der Waals surface area (Å²) in [5, 5.41) is 0.599. The van der Waals surface area contributed by atoms with Crippen LogP contribution in [0.2, 0.25) is 10.0 Å². The molecule has 12 heteroatoms. The van der Waals surface area contributed by atoms with Gasteiger partial charge in [0.25, 0.3) is 0 Å². The molecule has 0 saturated heterocycles. The number of aromatic nitrogens is 2. The van der Waals surface area contributed by atoms with E-state index in [2.05, 4.69) is 20.9 Å². The molecule has 1 aromatic heterocycles. The fourth-order valence-corrected chi connectivity index (χ4v) is 6.48. The molecule has 0 fully saturated rings. The fourth-order valence-electron chi connectivity index (χ4n) is 4.08. The molecule has 0 bridgehead atoms. The first-order valence-corrected chi connectivity index (χ1v) is 14.9. The van der Waals surface area contributed by atoms with E-state index < -0.39 is 21.3 Å². The first kappa shape index (κ1) is 30.1. The van der Waals surface area contributed by atoms with Gasteiger partial charge in [-0.3, -0.25) is 19.1 Å². The molecule has 2 aromatic carbocycles. The highest BCUT2D eigenvalue weighted by Crippen LogP contribution is 2.36. The topological polar surface area (TPSA) is 98.6 Å². The number of sulfone groups is 1. The number of amides is 1. The summed E-state index contributed by atoms with van der Waals surface area (Å²) in [7, 11) is -3.84. The van der Waals surface area contributed by atoms with Gasteiger partial charge in [0.15, 0.2) is 14.9 Å². The van der Waals surface area contributed by atoms with Gasteiger partial charge < -0.3 is 4.74 Å². The van der Waals surface area contributed by atoms with Crippen molar-refractivity contribution >= 4 is 73.0 Å². The van der Waals surface area contributed by atoms with Gasteiger partial charge in [0.1, 0.15) is 0 Å². The minimum absolute atomic E-state index is 0.0259. The molecule has 3 aromatic rings. The van der Waals surface area contributed by atoms with Crippen LogP contribution >= 0.6 is 39.1 Å². The quantitative estimate of drug-likeness (QED) is 0.130. The Labute approximate surface area is 240 Å². The number of esters is 1. The van der Waals surface area contributed by atoms with Crippen LogP contribution in [-0.2, 0) is 36.1 Å². The number of carbonyl (C=O) groups excluding carboxylic acids is 2. The molecule has 0 N–H and O–H groups in total. The highest BCUT2D eigenvalue weighted by molar-refractivity contribution is 9.10. The molecule has 0 spiro atoms. The molecule has 0 atom stereocenters. The zero-order valence-corrected chi connectivity index (χ0v) is 25.1. The Hall–Kier alpha value is -2.40. The maximum Gasteiger partial charge on any atom is 0.302 e. The van der Waals surface area contributed by atoms with Crippen LogP contribution in [0.4, 0.5) is 11.6 Å². The molecular weight excluding hydrogens is 617 g/mol. The van der Waals surface area contributed by atoms with Gasteiger partial charge in [-0.25, -0.2) is 13.4 Å². The molecule has 38 heavy (non-hydrogen) atoms. The monoisotopic (exact) mass is 643 g/mol. The van der Waals surface area contributed by atoms with Crippen LogP contribution in [0.1, 0.15) is 39.2 Å². The van der Waals surface area contributed by atoms with E-state index in [-0.39, 0.29) is 29.8 Å². The lowest BCUT2D eigenvalue weighted by Gasteiger charge is -2.32. The van der Waals surface area contributed by atoms with Gasteiger partial charge in [-0.15, -0.1) is 0 Å². The zero-order valence-electron chi connectivity index (χ0n) is 21.2. The van der Waals surface area contributed by atoms with E-state index in [0.29, 0.717) is 35.0 Å². The van der Waals surface area contributed by atoms with Crippen molar-refractivity contribution < 1.29 is 22.7 Å². The minimum Gasteiger partial charge on any atom is -0.466 e. The van der Waals surface area contributed by atoms with Crippen LogP contribution in [0.3, 0.4) is 0 Å². The van der Waals surface area contributed by atoms with Crippen molar-refractivity contribution in [2.45, 2.75) is 50.6 Å². The van der Waals surface area contributed by atoms with E-state index in [9.17, 15) is 18.0 Å². The molecule has 8 nitrogen and oxygen atoms in total. The molecule has 3 rings (SSSR count). The van der Waals surface area contributed by atoms with Crippen molar-refractivity contribution in [2.75, 3.05) is 17.3 Å². The van der Waals surface area contributed by atoms with Crippen molar-refractivity contribution in [1.29, 1.82) is 0 Å². The number of rotatable bonds is 12. The maximum absolute atomic E-state index is 13.5. The normalized spacial score (nSPS) is 11.8. The average molecular weight is 645 g/mol. The van der Waals surface area contributed by atoms with Gasteiger partial charge >= 0.3 is 5.97 Å². The van der Waals surface area contributed by atoms with Crippen LogP contribution < -0.4 is 4.90 Å². The lowest BCUT2D eigenvalue weighted by atomic mass is 9.94. The minimum atomic E-state index is -3.84. The summed E-state index contributed by atoms with van der Waals surface area (Å²) >= 11 is 15.8. The predicted octanol–water partition coefficient (Wildman–Crippen LogP) is 6.34. The Balaban J connectivity index is 2.08. The van der Waals surface area contributed by atoms with E-state index in [1.165, 1.54) is 24.1 Å². The number of carbonyl (C=O) groups is 2. The highest BCUT2D eigenvalue weighted by atomic mass is 79.9. The lowest BCUT2D eigenvalue weighted by Crippen LogP contribution is -2.35. The highest BCUT2D eigenvalue weighted by Gasteiger charge is 2.34. The summed E-state index contributed by atoms with van der Waals surface area (Å²) in [4.78, 5) is 29.0. The number of benzene rings is 2. The van der Waals surface area contributed by atoms with E-state index >= 15 is 0 Å². The Kier molecular flexibility index (Phi) is 10.0. The standard InChI is InChI=1S/C26H28BrCl2N3O5S/c1-18(34)37-10-4-5-11-38(35,36)24-16-30-25(31(17-33)23-13-21(28)12-22(29)14-23)32(24)26(2,3)15-19-6-8-20(27)9-7-19/h6-9,12-14,16-17H,4-5,10-11,15H2,1-3H3. The first-order chi connectivity index (χ1) is 17.8. The molecule has 0 aliphatic heterocycles. The third-order valence-corrected chi connectivity index (χ3v) is 8.46. The number of unbranched alkanes of at least 4 members (excludes halogenated alkanes) is 1. The van der Waals surface area contributed by atoms with Gasteiger partial charge in [0, 0.05) is 27.0 Å². The van der Waals surface area contributed by atoms with Crippen LogP contribution in [0.25, 0.3) is 0 Å². The summed E-state index contributed by atoms with van der Waals surface area (Å²) < 4.78 is 34.5. The third-order valence-electron chi connectivity index (χ3n) is 5.74. The summed E-state index contributed by atoms with van der Waals surface area (Å²) in [5.74, 6) is -0.489. The predicted molar refractivity (Wildman–Crippen MR) is 152 cm³/mol. The van der Waals surface area contributed by atoms with Gasteiger partial charge in [-0.2, -0.15) is 0 Å². The number of imidazole rings is 1. The molecule has 1 heterocycles. The van der Waals surface area contributed by atoms with E-state index in [1.807, 2.05) is 38.1 Å². The summed E-state index contributed by atoms with van der Waals surface area (Å²) in [6, 6.07) is 12.3. The van der Waals surface area contributed by atoms with Gasteiger partial charge in [-0.1, -0.05) is 51.3 Å². The molecule has 1 amide bonds.